The SMILES string of the molecule is O=C(CCc1nc2ccccc2[nH]1)Nc1ccc(N2CCOCC2)cc1. The van der Waals surface area contributed by atoms with Crippen LogP contribution in [0.1, 0.15) is 12.2 Å². The number of nitrogens with one attached hydrogen (secondary N) is 2. The van der Waals surface area contributed by atoms with Crippen LogP contribution in [-0.2, 0) is 16.0 Å². The van der Waals surface area contributed by atoms with Crippen molar-refractivity contribution in [2.24, 2.45) is 0 Å². The second-order valence-electron chi connectivity index (χ2n) is 6.40. The Morgan fingerprint density at radius 2 is 1.88 bits per heavy atom. The Labute approximate surface area is 152 Å². The highest BCUT2D eigenvalue weighted by Gasteiger charge is 2.11. The number of hydrogen-bond acceptors (Lipinski definition) is 4. The molecule has 2 aromatic carbocycles. The van der Waals surface area contributed by atoms with Gasteiger partial charge in [0.25, 0.3) is 0 Å². The fraction of sp³-hybridized carbons (Fsp3) is 0.300. The number of fused-ring (bicyclic) bond motifs is 1. The molecule has 0 bridgehead atoms. The molecule has 1 fully saturated rings. The number of aromatic amines is 1. The lowest BCUT2D eigenvalue weighted by Gasteiger charge is -2.28. The number of morpholine rings is 1. The molecule has 0 aliphatic carbocycles. The number of H-pyrrole nitrogens is 1. The van der Waals surface area contributed by atoms with Crippen LogP contribution in [0, 0.1) is 0 Å². The molecule has 0 radical (unpaired) electrons. The van der Waals surface area contributed by atoms with Crippen LogP contribution in [0.4, 0.5) is 11.4 Å². The third-order valence-corrected chi connectivity index (χ3v) is 4.55. The zero-order valence-corrected chi connectivity index (χ0v) is 14.6. The number of ether oxygens (including phenoxy) is 1. The van der Waals surface area contributed by atoms with Gasteiger partial charge in [-0.05, 0) is 36.4 Å². The lowest BCUT2D eigenvalue weighted by molar-refractivity contribution is -0.116. The molecule has 3 aromatic rings. The Kier molecular flexibility index (Phi) is 4.84. The molecule has 6 nitrogen and oxygen atoms in total. The summed E-state index contributed by atoms with van der Waals surface area (Å²) in [7, 11) is 0. The maximum Gasteiger partial charge on any atom is 0.224 e. The van der Waals surface area contributed by atoms with Crippen molar-refractivity contribution in [2.75, 3.05) is 36.5 Å². The summed E-state index contributed by atoms with van der Waals surface area (Å²) < 4.78 is 5.37. The number of aromatic nitrogens is 2. The summed E-state index contributed by atoms with van der Waals surface area (Å²) in [5.41, 5.74) is 3.91. The zero-order valence-electron chi connectivity index (χ0n) is 14.6. The van der Waals surface area contributed by atoms with Crippen LogP contribution in [0.2, 0.25) is 0 Å². The fourth-order valence-corrected chi connectivity index (χ4v) is 3.16. The van der Waals surface area contributed by atoms with Gasteiger partial charge in [0.15, 0.2) is 0 Å². The van der Waals surface area contributed by atoms with E-state index in [1.807, 2.05) is 48.5 Å². The van der Waals surface area contributed by atoms with Crippen LogP contribution in [-0.4, -0.2) is 42.2 Å². The number of nitrogens with zero attached hydrogens (tertiary/aromatic N) is 2. The molecule has 0 saturated carbocycles. The molecule has 4 rings (SSSR count). The van der Waals surface area contributed by atoms with Crippen LogP contribution in [0.5, 0.6) is 0 Å². The Balaban J connectivity index is 1.31. The molecule has 1 aromatic heterocycles. The number of hydrogen-bond donors (Lipinski definition) is 2. The Bertz CT molecular complexity index is 849. The number of imidazole rings is 1. The van der Waals surface area contributed by atoms with Crippen LogP contribution in [0.15, 0.2) is 48.5 Å². The molecule has 2 heterocycles. The van der Waals surface area contributed by atoms with E-state index in [1.165, 1.54) is 0 Å². The molecule has 0 spiro atoms. The van der Waals surface area contributed by atoms with Crippen molar-refractivity contribution >= 4 is 28.3 Å². The minimum Gasteiger partial charge on any atom is -0.378 e. The molecular formula is C20H22N4O2. The number of carbonyl (C=O) groups is 1. The summed E-state index contributed by atoms with van der Waals surface area (Å²) >= 11 is 0. The third kappa shape index (κ3) is 3.86. The summed E-state index contributed by atoms with van der Waals surface area (Å²) in [4.78, 5) is 22.3. The van der Waals surface area contributed by atoms with E-state index in [4.69, 9.17) is 4.74 Å². The molecule has 1 amide bonds. The van der Waals surface area contributed by atoms with Crippen molar-refractivity contribution < 1.29 is 9.53 Å². The van der Waals surface area contributed by atoms with Crippen molar-refractivity contribution in [3.05, 3.63) is 54.4 Å². The molecule has 1 aliphatic heterocycles. The van der Waals surface area contributed by atoms with E-state index in [-0.39, 0.29) is 5.91 Å². The second kappa shape index (κ2) is 7.58. The first-order chi connectivity index (χ1) is 12.8. The Morgan fingerprint density at radius 3 is 2.65 bits per heavy atom. The number of rotatable bonds is 5. The van der Waals surface area contributed by atoms with Gasteiger partial charge in [0.1, 0.15) is 5.82 Å². The van der Waals surface area contributed by atoms with Gasteiger partial charge in [-0.1, -0.05) is 12.1 Å². The van der Waals surface area contributed by atoms with E-state index >= 15 is 0 Å². The number of amides is 1. The summed E-state index contributed by atoms with van der Waals surface area (Å²) in [5.74, 6) is 0.827. The van der Waals surface area contributed by atoms with Gasteiger partial charge >= 0.3 is 0 Å². The van der Waals surface area contributed by atoms with Gasteiger partial charge in [-0.3, -0.25) is 4.79 Å². The summed E-state index contributed by atoms with van der Waals surface area (Å²) in [5, 5.41) is 2.95. The quantitative estimate of drug-likeness (QED) is 0.742. The maximum atomic E-state index is 12.2. The van der Waals surface area contributed by atoms with Crippen LogP contribution in [0.25, 0.3) is 11.0 Å². The van der Waals surface area contributed by atoms with Crippen molar-refractivity contribution in [3.63, 3.8) is 0 Å². The summed E-state index contributed by atoms with van der Waals surface area (Å²) in [6.07, 6.45) is 0.984. The van der Waals surface area contributed by atoms with Crippen molar-refractivity contribution in [1.29, 1.82) is 0 Å². The van der Waals surface area contributed by atoms with Crippen molar-refractivity contribution in [3.8, 4) is 0 Å². The normalized spacial score (nSPS) is 14.5. The minimum absolute atomic E-state index is 0.00965. The summed E-state index contributed by atoms with van der Waals surface area (Å²) in [6, 6.07) is 15.9. The molecule has 0 unspecified atom stereocenters. The van der Waals surface area contributed by atoms with E-state index in [1.54, 1.807) is 0 Å². The number of anilines is 2. The fourth-order valence-electron chi connectivity index (χ4n) is 3.16. The topological polar surface area (TPSA) is 70.2 Å². The molecule has 26 heavy (non-hydrogen) atoms. The predicted octanol–water partition coefficient (Wildman–Crippen LogP) is 2.97. The van der Waals surface area contributed by atoms with Gasteiger partial charge in [0, 0.05) is 37.3 Å². The van der Waals surface area contributed by atoms with E-state index in [2.05, 4.69) is 20.2 Å². The average molecular weight is 350 g/mol. The zero-order chi connectivity index (χ0) is 17.8. The van der Waals surface area contributed by atoms with Crippen molar-refractivity contribution in [2.45, 2.75) is 12.8 Å². The Morgan fingerprint density at radius 1 is 1.12 bits per heavy atom. The summed E-state index contributed by atoms with van der Waals surface area (Å²) in [6.45, 7) is 3.34. The van der Waals surface area contributed by atoms with Gasteiger partial charge < -0.3 is 19.9 Å². The number of para-hydroxylation sites is 2. The van der Waals surface area contributed by atoms with Gasteiger partial charge in [-0.25, -0.2) is 4.98 Å². The first-order valence-corrected chi connectivity index (χ1v) is 8.94. The van der Waals surface area contributed by atoms with Gasteiger partial charge in [0.2, 0.25) is 5.91 Å². The Hall–Kier alpha value is -2.86. The lowest BCUT2D eigenvalue weighted by Crippen LogP contribution is -2.36. The van der Waals surface area contributed by atoms with Crippen LogP contribution >= 0.6 is 0 Å². The minimum atomic E-state index is -0.00965. The monoisotopic (exact) mass is 350 g/mol. The highest BCUT2D eigenvalue weighted by molar-refractivity contribution is 5.91. The molecule has 0 atom stereocenters. The molecule has 2 N–H and O–H groups in total. The third-order valence-electron chi connectivity index (χ3n) is 4.55. The van der Waals surface area contributed by atoms with Crippen LogP contribution < -0.4 is 10.2 Å². The molecule has 6 heteroatoms. The van der Waals surface area contributed by atoms with Gasteiger partial charge in [-0.15, -0.1) is 0 Å². The van der Waals surface area contributed by atoms with E-state index in [0.29, 0.717) is 12.8 Å². The molecular weight excluding hydrogens is 328 g/mol. The van der Waals surface area contributed by atoms with Gasteiger partial charge in [0.05, 0.1) is 24.2 Å². The molecule has 1 saturated heterocycles. The maximum absolute atomic E-state index is 12.2. The predicted molar refractivity (Wildman–Crippen MR) is 103 cm³/mol. The number of benzene rings is 2. The largest absolute Gasteiger partial charge is 0.378 e. The van der Waals surface area contributed by atoms with E-state index in [9.17, 15) is 4.79 Å². The highest BCUT2D eigenvalue weighted by atomic mass is 16.5. The van der Waals surface area contributed by atoms with E-state index in [0.717, 1.165) is 54.5 Å². The second-order valence-corrected chi connectivity index (χ2v) is 6.40. The van der Waals surface area contributed by atoms with Gasteiger partial charge in [-0.2, -0.15) is 0 Å². The molecule has 1 aliphatic rings. The smallest absolute Gasteiger partial charge is 0.224 e. The number of carbonyl (C=O) groups excluding carboxylic acids is 1. The van der Waals surface area contributed by atoms with Crippen LogP contribution in [0.3, 0.4) is 0 Å². The first-order valence-electron chi connectivity index (χ1n) is 8.94. The van der Waals surface area contributed by atoms with Crippen molar-refractivity contribution in [1.82, 2.24) is 9.97 Å². The lowest BCUT2D eigenvalue weighted by atomic mass is 10.2. The highest BCUT2D eigenvalue weighted by Crippen LogP contribution is 2.19. The van der Waals surface area contributed by atoms with E-state index < -0.39 is 0 Å². The average Bonchev–Trinajstić information content (AvgIpc) is 3.11. The number of aryl methyl sites for hydroxylation is 1. The molecule has 134 valence electrons. The standard InChI is InChI=1S/C20H22N4O2/c25-20(10-9-19-22-17-3-1-2-4-18(17)23-19)21-15-5-7-16(8-6-15)24-11-13-26-14-12-24/h1-8H,9-14H2,(H,21,25)(H,22,23). The first kappa shape index (κ1) is 16.6.